The first-order valence-corrected chi connectivity index (χ1v) is 19.0. The lowest BCUT2D eigenvalue weighted by Crippen LogP contribution is -2.04. The molecule has 12 rings (SSSR count). The van der Waals surface area contributed by atoms with Gasteiger partial charge in [-0.2, -0.15) is 5.26 Å². The number of benzene rings is 8. The third kappa shape index (κ3) is 3.79. The number of fused-ring (bicyclic) bond motifs is 14. The second kappa shape index (κ2) is 10.9. The first-order valence-electron chi connectivity index (χ1n) is 18.2. The van der Waals surface area contributed by atoms with E-state index in [1.165, 1.54) is 58.1 Å². The van der Waals surface area contributed by atoms with Crippen molar-refractivity contribution in [2.45, 2.75) is 0 Å². The summed E-state index contributed by atoms with van der Waals surface area (Å²) in [5.74, 6) is 0. The molecule has 0 fully saturated rings. The predicted octanol–water partition coefficient (Wildman–Crippen LogP) is 13.2. The first kappa shape index (κ1) is 29.4. The minimum atomic E-state index is 0.628. The van der Waals surface area contributed by atoms with E-state index >= 15 is 0 Å². The molecule has 0 spiro atoms. The van der Waals surface area contributed by atoms with Gasteiger partial charge in [0.2, 0.25) is 0 Å². The molecule has 0 aliphatic heterocycles. The number of thiophene rings is 1. The number of rotatable bonds is 3. The van der Waals surface area contributed by atoms with Crippen LogP contribution < -0.4 is 0 Å². The van der Waals surface area contributed by atoms with Crippen molar-refractivity contribution >= 4 is 96.9 Å². The molecular formula is C49H28N4S. The lowest BCUT2D eigenvalue weighted by Gasteiger charge is -2.16. The van der Waals surface area contributed by atoms with Crippen molar-refractivity contribution in [2.24, 2.45) is 0 Å². The van der Waals surface area contributed by atoms with Crippen LogP contribution in [0.4, 0.5) is 0 Å². The summed E-state index contributed by atoms with van der Waals surface area (Å²) >= 11 is 1.85. The zero-order chi connectivity index (χ0) is 35.5. The Morgan fingerprint density at radius 1 is 0.389 bits per heavy atom. The minimum Gasteiger partial charge on any atom is -0.309 e. The van der Waals surface area contributed by atoms with Gasteiger partial charge in [0.1, 0.15) is 11.6 Å². The first-order chi connectivity index (χ1) is 26.8. The van der Waals surface area contributed by atoms with Gasteiger partial charge in [0.05, 0.1) is 44.5 Å². The molecule has 5 heteroatoms. The average molecular weight is 705 g/mol. The summed E-state index contributed by atoms with van der Waals surface area (Å²) in [6, 6.07) is 63.2. The van der Waals surface area contributed by atoms with Gasteiger partial charge in [0.15, 0.2) is 0 Å². The lowest BCUT2D eigenvalue weighted by atomic mass is 10.1. The molecule has 0 atom stereocenters. The van der Waals surface area contributed by atoms with E-state index in [-0.39, 0.29) is 0 Å². The van der Waals surface area contributed by atoms with Gasteiger partial charge in [0, 0.05) is 58.2 Å². The van der Waals surface area contributed by atoms with Crippen LogP contribution in [0.5, 0.6) is 0 Å². The Bertz CT molecular complexity index is 3570. The Hall–Kier alpha value is -7.13. The summed E-state index contributed by atoms with van der Waals surface area (Å²) in [4.78, 5) is 0. The molecule has 250 valence electrons. The van der Waals surface area contributed by atoms with E-state index in [1.54, 1.807) is 0 Å². The molecule has 0 radical (unpaired) electrons. The van der Waals surface area contributed by atoms with Crippen LogP contribution in [0.25, 0.3) is 103 Å². The van der Waals surface area contributed by atoms with Crippen LogP contribution in [0.1, 0.15) is 5.56 Å². The van der Waals surface area contributed by atoms with Crippen molar-refractivity contribution in [3.63, 3.8) is 0 Å². The maximum atomic E-state index is 11.2. The number of para-hydroxylation sites is 4. The number of nitriles is 1. The smallest absolute Gasteiger partial charge is 0.104 e. The fraction of sp³-hybridized carbons (Fsp3) is 0. The van der Waals surface area contributed by atoms with E-state index in [1.807, 2.05) is 11.3 Å². The molecule has 8 aromatic carbocycles. The van der Waals surface area contributed by atoms with Crippen molar-refractivity contribution in [3.8, 4) is 23.1 Å². The van der Waals surface area contributed by atoms with Gasteiger partial charge >= 0.3 is 0 Å². The number of hydrogen-bond donors (Lipinski definition) is 0. The molecule has 0 saturated carbocycles. The molecule has 0 bridgehead atoms. The summed E-state index contributed by atoms with van der Waals surface area (Å²) in [6.07, 6.45) is 0. The highest BCUT2D eigenvalue weighted by atomic mass is 32.1. The molecular weight excluding hydrogens is 677 g/mol. The van der Waals surface area contributed by atoms with Crippen LogP contribution in [0, 0.1) is 11.3 Å². The fourth-order valence-electron chi connectivity index (χ4n) is 9.12. The van der Waals surface area contributed by atoms with Crippen LogP contribution in [-0.2, 0) is 0 Å². The van der Waals surface area contributed by atoms with Crippen molar-refractivity contribution in [1.82, 2.24) is 13.7 Å². The quantitative estimate of drug-likeness (QED) is 0.180. The van der Waals surface area contributed by atoms with Crippen molar-refractivity contribution in [1.29, 1.82) is 5.26 Å². The molecule has 4 nitrogen and oxygen atoms in total. The SMILES string of the molecule is N#Cc1c(-n2c3ccccc3c3c4sc5ccccc5c4ccc32)cccc1-n1c2ccccc2c2c1ccc1c3ccccc3n(-c3ccccc3)c12. The minimum absolute atomic E-state index is 0.628. The Kier molecular flexibility index (Phi) is 5.97. The van der Waals surface area contributed by atoms with Gasteiger partial charge in [-0.1, -0.05) is 109 Å². The Morgan fingerprint density at radius 3 is 1.61 bits per heavy atom. The Morgan fingerprint density at radius 2 is 0.926 bits per heavy atom. The van der Waals surface area contributed by atoms with Crippen LogP contribution in [0.2, 0.25) is 0 Å². The van der Waals surface area contributed by atoms with E-state index in [9.17, 15) is 5.26 Å². The molecule has 4 aromatic heterocycles. The Balaban J connectivity index is 1.20. The largest absolute Gasteiger partial charge is 0.309 e. The van der Waals surface area contributed by atoms with Crippen LogP contribution in [-0.4, -0.2) is 13.7 Å². The van der Waals surface area contributed by atoms with Gasteiger partial charge in [-0.05, 0) is 60.7 Å². The summed E-state index contributed by atoms with van der Waals surface area (Å²) in [7, 11) is 0. The van der Waals surface area contributed by atoms with Crippen LogP contribution in [0.3, 0.4) is 0 Å². The van der Waals surface area contributed by atoms with Gasteiger partial charge in [-0.25, -0.2) is 0 Å². The summed E-state index contributed by atoms with van der Waals surface area (Å²) in [5, 5.41) is 20.9. The van der Waals surface area contributed by atoms with E-state index in [4.69, 9.17) is 0 Å². The standard InChI is InChI=1S/C49H28N4S/c50-29-37-41(22-12-23-42(37)53-40-21-10-6-18-36(40)47-44(53)28-26-34-32-16-7-11-24-45(32)54-49(34)47)52-39-20-9-5-17-35(39)46-43(52)27-25-33-31-15-4-8-19-38(31)51(48(33)46)30-13-2-1-3-14-30/h1-28H. The highest BCUT2D eigenvalue weighted by molar-refractivity contribution is 7.26. The normalized spacial score (nSPS) is 12.1. The number of hydrogen-bond acceptors (Lipinski definition) is 2. The van der Waals surface area contributed by atoms with E-state index in [0.717, 1.165) is 44.5 Å². The molecule has 0 N–H and O–H groups in total. The maximum Gasteiger partial charge on any atom is 0.104 e. The zero-order valence-corrected chi connectivity index (χ0v) is 29.7. The lowest BCUT2D eigenvalue weighted by molar-refractivity contribution is 1.12. The van der Waals surface area contributed by atoms with E-state index in [2.05, 4.69) is 190 Å². The van der Waals surface area contributed by atoms with Crippen LogP contribution in [0.15, 0.2) is 170 Å². The number of nitrogens with zero attached hydrogens (tertiary/aromatic N) is 4. The predicted molar refractivity (Wildman–Crippen MR) is 227 cm³/mol. The highest BCUT2D eigenvalue weighted by Crippen LogP contribution is 2.45. The van der Waals surface area contributed by atoms with Crippen molar-refractivity contribution in [3.05, 3.63) is 175 Å². The maximum absolute atomic E-state index is 11.2. The molecule has 4 heterocycles. The molecule has 0 amide bonds. The van der Waals surface area contributed by atoms with Gasteiger partial charge in [0.25, 0.3) is 0 Å². The topological polar surface area (TPSA) is 38.6 Å². The van der Waals surface area contributed by atoms with Crippen molar-refractivity contribution in [2.75, 3.05) is 0 Å². The molecule has 12 aromatic rings. The number of aromatic nitrogens is 3. The monoisotopic (exact) mass is 704 g/mol. The molecule has 0 aliphatic rings. The zero-order valence-electron chi connectivity index (χ0n) is 28.9. The summed E-state index contributed by atoms with van der Waals surface area (Å²) in [5.41, 5.74) is 10.1. The molecule has 54 heavy (non-hydrogen) atoms. The second-order valence-corrected chi connectivity index (χ2v) is 15.0. The highest BCUT2D eigenvalue weighted by Gasteiger charge is 2.24. The molecule has 0 saturated heterocycles. The fourth-order valence-corrected chi connectivity index (χ4v) is 10.4. The molecule has 0 aliphatic carbocycles. The van der Waals surface area contributed by atoms with E-state index < -0.39 is 0 Å². The van der Waals surface area contributed by atoms with Gasteiger partial charge in [-0.3, -0.25) is 0 Å². The third-order valence-electron chi connectivity index (χ3n) is 11.3. The summed E-state index contributed by atoms with van der Waals surface area (Å²) < 4.78 is 9.56. The molecule has 0 unspecified atom stereocenters. The van der Waals surface area contributed by atoms with Crippen molar-refractivity contribution < 1.29 is 0 Å². The van der Waals surface area contributed by atoms with E-state index in [0.29, 0.717) is 5.56 Å². The second-order valence-electron chi connectivity index (χ2n) is 14.0. The average Bonchev–Trinajstić information content (AvgIpc) is 3.97. The van der Waals surface area contributed by atoms with Crippen LogP contribution >= 0.6 is 11.3 Å². The summed E-state index contributed by atoms with van der Waals surface area (Å²) in [6.45, 7) is 0. The van der Waals surface area contributed by atoms with Gasteiger partial charge in [-0.15, -0.1) is 11.3 Å². The third-order valence-corrected chi connectivity index (χ3v) is 12.5. The Labute approximate surface area is 313 Å². The van der Waals surface area contributed by atoms with Gasteiger partial charge < -0.3 is 13.7 Å².